The summed E-state index contributed by atoms with van der Waals surface area (Å²) in [5, 5.41) is 0. The Morgan fingerprint density at radius 3 is 2.43 bits per heavy atom. The maximum absolute atomic E-state index is 13.0. The molecule has 4 rings (SSSR count). The molecule has 0 aromatic heterocycles. The molecule has 0 unspecified atom stereocenters. The highest BCUT2D eigenvalue weighted by atomic mass is 16.5. The van der Waals surface area contributed by atoms with Crippen molar-refractivity contribution in [2.75, 3.05) is 32.8 Å². The average molecular weight is 379 g/mol. The van der Waals surface area contributed by atoms with E-state index >= 15 is 0 Å². The highest BCUT2D eigenvalue weighted by Gasteiger charge is 2.24. The third kappa shape index (κ3) is 4.93. The molecule has 0 aliphatic carbocycles. The second-order valence-corrected chi connectivity index (χ2v) is 8.04. The van der Waals surface area contributed by atoms with E-state index in [-0.39, 0.29) is 5.91 Å². The lowest BCUT2D eigenvalue weighted by Gasteiger charge is -2.32. The zero-order chi connectivity index (χ0) is 19.2. The number of ether oxygens (including phenoxy) is 1. The second-order valence-electron chi connectivity index (χ2n) is 8.04. The van der Waals surface area contributed by atoms with E-state index in [0.29, 0.717) is 5.92 Å². The number of carbonyl (C=O) groups is 1. The summed E-state index contributed by atoms with van der Waals surface area (Å²) in [4.78, 5) is 17.4. The van der Waals surface area contributed by atoms with Crippen molar-refractivity contribution >= 4 is 5.91 Å². The van der Waals surface area contributed by atoms with Crippen molar-refractivity contribution in [3.63, 3.8) is 0 Å². The van der Waals surface area contributed by atoms with Crippen LogP contribution in [0.1, 0.15) is 41.6 Å². The van der Waals surface area contributed by atoms with Crippen LogP contribution >= 0.6 is 0 Å². The van der Waals surface area contributed by atoms with E-state index in [9.17, 15) is 4.79 Å². The second kappa shape index (κ2) is 9.24. The van der Waals surface area contributed by atoms with Gasteiger partial charge in [0.05, 0.1) is 6.61 Å². The normalized spacial score (nSPS) is 18.4. The summed E-state index contributed by atoms with van der Waals surface area (Å²) < 4.78 is 5.90. The van der Waals surface area contributed by atoms with Crippen LogP contribution in [0.25, 0.3) is 0 Å². The molecule has 0 N–H and O–H groups in total. The lowest BCUT2D eigenvalue weighted by molar-refractivity contribution is 0.0661. The fraction of sp³-hybridized carbons (Fsp3) is 0.458. The van der Waals surface area contributed by atoms with Crippen LogP contribution in [0.2, 0.25) is 0 Å². The Morgan fingerprint density at radius 1 is 0.929 bits per heavy atom. The zero-order valence-corrected chi connectivity index (χ0v) is 16.6. The van der Waals surface area contributed by atoms with E-state index in [1.165, 1.54) is 31.5 Å². The number of hydrogen-bond donors (Lipinski definition) is 0. The quantitative estimate of drug-likeness (QED) is 0.755. The first-order valence-corrected chi connectivity index (χ1v) is 10.6. The number of carbonyl (C=O) groups excluding carboxylic acids is 1. The Bertz CT molecular complexity index is 763. The maximum atomic E-state index is 13.0. The van der Waals surface area contributed by atoms with Crippen LogP contribution < -0.4 is 4.74 Å². The van der Waals surface area contributed by atoms with Crippen molar-refractivity contribution in [3.8, 4) is 5.75 Å². The fourth-order valence-corrected chi connectivity index (χ4v) is 4.22. The van der Waals surface area contributed by atoms with Crippen LogP contribution in [0.15, 0.2) is 54.6 Å². The number of piperidine rings is 1. The van der Waals surface area contributed by atoms with E-state index in [4.69, 9.17) is 4.74 Å². The number of hydrogen-bond acceptors (Lipinski definition) is 3. The molecule has 4 nitrogen and oxygen atoms in total. The predicted octanol–water partition coefficient (Wildman–Crippen LogP) is 4.21. The smallest absolute Gasteiger partial charge is 0.253 e. The Morgan fingerprint density at radius 2 is 1.68 bits per heavy atom. The van der Waals surface area contributed by atoms with Gasteiger partial charge in [-0.25, -0.2) is 0 Å². The topological polar surface area (TPSA) is 32.8 Å². The van der Waals surface area contributed by atoms with Gasteiger partial charge in [-0.3, -0.25) is 9.69 Å². The minimum atomic E-state index is 0.172. The molecule has 0 bridgehead atoms. The van der Waals surface area contributed by atoms with Gasteiger partial charge in [-0.05, 0) is 74.5 Å². The minimum absolute atomic E-state index is 0.172. The van der Waals surface area contributed by atoms with Gasteiger partial charge >= 0.3 is 0 Å². The first kappa shape index (κ1) is 19.0. The van der Waals surface area contributed by atoms with E-state index in [1.54, 1.807) is 0 Å². The largest absolute Gasteiger partial charge is 0.493 e. The summed E-state index contributed by atoms with van der Waals surface area (Å²) in [5.41, 5.74) is 2.08. The molecule has 0 spiro atoms. The molecule has 28 heavy (non-hydrogen) atoms. The molecule has 2 aliphatic rings. The van der Waals surface area contributed by atoms with Crippen molar-refractivity contribution in [2.45, 2.75) is 32.2 Å². The molecular weight excluding hydrogens is 348 g/mol. The molecule has 2 aliphatic heterocycles. The van der Waals surface area contributed by atoms with Gasteiger partial charge in [0.1, 0.15) is 5.75 Å². The van der Waals surface area contributed by atoms with Gasteiger partial charge in [-0.15, -0.1) is 0 Å². The fourth-order valence-electron chi connectivity index (χ4n) is 4.22. The van der Waals surface area contributed by atoms with Crippen LogP contribution in [-0.2, 0) is 6.54 Å². The molecule has 2 aromatic rings. The van der Waals surface area contributed by atoms with E-state index < -0.39 is 0 Å². The van der Waals surface area contributed by atoms with Crippen LogP contribution in [0.4, 0.5) is 0 Å². The lowest BCUT2D eigenvalue weighted by atomic mass is 9.97. The van der Waals surface area contributed by atoms with Gasteiger partial charge in [0, 0.05) is 25.2 Å². The van der Waals surface area contributed by atoms with Gasteiger partial charge in [0.25, 0.3) is 5.91 Å². The first-order valence-electron chi connectivity index (χ1n) is 10.6. The molecule has 148 valence electrons. The van der Waals surface area contributed by atoms with Crippen LogP contribution in [0, 0.1) is 5.92 Å². The number of benzene rings is 2. The highest BCUT2D eigenvalue weighted by Crippen LogP contribution is 2.21. The standard InChI is InChI=1S/C24H30N2O2/c27-24(22-8-6-7-21(17-22)18-25-13-4-5-14-25)26-15-11-20(12-16-26)19-28-23-9-2-1-3-10-23/h1-3,6-10,17,20H,4-5,11-16,18-19H2. The van der Waals surface area contributed by atoms with Gasteiger partial charge in [0.2, 0.25) is 0 Å². The summed E-state index contributed by atoms with van der Waals surface area (Å²) in [5.74, 6) is 1.62. The number of para-hydroxylation sites is 1. The number of rotatable bonds is 6. The summed E-state index contributed by atoms with van der Waals surface area (Å²) in [6.07, 6.45) is 4.60. The lowest BCUT2D eigenvalue weighted by Crippen LogP contribution is -2.39. The van der Waals surface area contributed by atoms with E-state index in [1.807, 2.05) is 47.4 Å². The van der Waals surface area contributed by atoms with Crippen molar-refractivity contribution in [1.82, 2.24) is 9.80 Å². The molecule has 2 heterocycles. The Labute approximate surface area is 168 Å². The Balaban J connectivity index is 1.27. The molecule has 0 saturated carbocycles. The van der Waals surface area contributed by atoms with E-state index in [2.05, 4.69) is 17.0 Å². The van der Waals surface area contributed by atoms with Crippen molar-refractivity contribution < 1.29 is 9.53 Å². The zero-order valence-electron chi connectivity index (χ0n) is 16.6. The molecule has 2 fully saturated rings. The SMILES string of the molecule is O=C(c1cccc(CN2CCCC2)c1)N1CCC(COc2ccccc2)CC1. The first-order chi connectivity index (χ1) is 13.8. The predicted molar refractivity (Wildman–Crippen MR) is 112 cm³/mol. The van der Waals surface area contributed by atoms with Crippen LogP contribution in [0.3, 0.4) is 0 Å². The number of likely N-dealkylation sites (tertiary alicyclic amines) is 2. The maximum Gasteiger partial charge on any atom is 0.253 e. The van der Waals surface area contributed by atoms with Gasteiger partial charge in [-0.1, -0.05) is 30.3 Å². The Kier molecular flexibility index (Phi) is 6.27. The van der Waals surface area contributed by atoms with Crippen LogP contribution in [-0.4, -0.2) is 48.5 Å². The van der Waals surface area contributed by atoms with Crippen molar-refractivity contribution in [3.05, 3.63) is 65.7 Å². The molecular formula is C24H30N2O2. The van der Waals surface area contributed by atoms with Gasteiger partial charge < -0.3 is 9.64 Å². The molecule has 0 atom stereocenters. The number of nitrogens with zero attached hydrogens (tertiary/aromatic N) is 2. The summed E-state index contributed by atoms with van der Waals surface area (Å²) in [7, 11) is 0. The summed E-state index contributed by atoms with van der Waals surface area (Å²) in [6.45, 7) is 5.68. The van der Waals surface area contributed by atoms with E-state index in [0.717, 1.165) is 50.4 Å². The summed E-state index contributed by atoms with van der Waals surface area (Å²) in [6, 6.07) is 18.2. The van der Waals surface area contributed by atoms with Gasteiger partial charge in [-0.2, -0.15) is 0 Å². The monoisotopic (exact) mass is 378 g/mol. The number of amides is 1. The third-order valence-electron chi connectivity index (χ3n) is 5.91. The summed E-state index contributed by atoms with van der Waals surface area (Å²) >= 11 is 0. The van der Waals surface area contributed by atoms with Crippen molar-refractivity contribution in [1.29, 1.82) is 0 Å². The molecule has 2 aromatic carbocycles. The minimum Gasteiger partial charge on any atom is -0.493 e. The third-order valence-corrected chi connectivity index (χ3v) is 5.91. The van der Waals surface area contributed by atoms with Gasteiger partial charge in [0.15, 0.2) is 0 Å². The Hall–Kier alpha value is -2.33. The van der Waals surface area contributed by atoms with Crippen molar-refractivity contribution in [2.24, 2.45) is 5.92 Å². The molecule has 4 heteroatoms. The highest BCUT2D eigenvalue weighted by molar-refractivity contribution is 5.94. The molecule has 2 saturated heterocycles. The molecule has 0 radical (unpaired) electrons. The average Bonchev–Trinajstić information content (AvgIpc) is 3.26. The molecule has 1 amide bonds. The van der Waals surface area contributed by atoms with Crippen LogP contribution in [0.5, 0.6) is 5.75 Å².